The Balaban J connectivity index is 3.00. The molecular formula is C17H32N5O2S2+. The summed E-state index contributed by atoms with van der Waals surface area (Å²) >= 11 is 5.35. The van der Waals surface area contributed by atoms with Gasteiger partial charge in [0.15, 0.2) is 5.11 Å². The highest BCUT2D eigenvalue weighted by Gasteiger charge is 2.19. The number of hydrogen-bond donors (Lipinski definition) is 4. The van der Waals surface area contributed by atoms with E-state index >= 15 is 0 Å². The standard InChI is InChI=1S/C17H31N5O2S2/c1-6-7-10-18-15-9-8-14(26(23,24)22(4)5)13-16(15)20-17(25)19-11-12-21(2)3/h8-9,13,18H,6-7,10-12H2,1-5H3,(H2,19,20,25)/p+1. The number of hydrogen-bond acceptors (Lipinski definition) is 4. The number of unbranched alkanes of at least 4 members (excludes halogenated alkanes) is 1. The fourth-order valence-electron chi connectivity index (χ4n) is 2.14. The lowest BCUT2D eigenvalue weighted by Gasteiger charge is -2.18. The van der Waals surface area contributed by atoms with Gasteiger partial charge < -0.3 is 20.9 Å². The van der Waals surface area contributed by atoms with Gasteiger partial charge in [0.1, 0.15) is 0 Å². The Morgan fingerprint density at radius 3 is 2.46 bits per heavy atom. The van der Waals surface area contributed by atoms with Gasteiger partial charge in [-0.1, -0.05) is 13.3 Å². The number of quaternary nitrogens is 1. The molecule has 4 N–H and O–H groups in total. The second-order valence-corrected chi connectivity index (χ2v) is 9.17. The lowest BCUT2D eigenvalue weighted by atomic mass is 10.2. The highest BCUT2D eigenvalue weighted by molar-refractivity contribution is 7.89. The van der Waals surface area contributed by atoms with Crippen molar-refractivity contribution in [3.05, 3.63) is 18.2 Å². The fraction of sp³-hybridized carbons (Fsp3) is 0.588. The zero-order valence-electron chi connectivity index (χ0n) is 16.3. The summed E-state index contributed by atoms with van der Waals surface area (Å²) in [6.45, 7) is 4.61. The van der Waals surface area contributed by atoms with Gasteiger partial charge in [-0.2, -0.15) is 0 Å². The van der Waals surface area contributed by atoms with E-state index in [2.05, 4.69) is 37.0 Å². The van der Waals surface area contributed by atoms with Gasteiger partial charge in [0.05, 0.1) is 43.5 Å². The minimum Gasteiger partial charge on any atom is -0.383 e. The molecule has 0 bridgehead atoms. The molecule has 7 nitrogen and oxygen atoms in total. The van der Waals surface area contributed by atoms with Crippen LogP contribution in [0.2, 0.25) is 0 Å². The summed E-state index contributed by atoms with van der Waals surface area (Å²) in [7, 11) is 3.68. The fourth-order valence-corrected chi connectivity index (χ4v) is 3.29. The third-order valence-electron chi connectivity index (χ3n) is 3.77. The summed E-state index contributed by atoms with van der Waals surface area (Å²) in [6.07, 6.45) is 2.11. The van der Waals surface area contributed by atoms with E-state index < -0.39 is 10.0 Å². The quantitative estimate of drug-likeness (QED) is 0.339. The number of thiocarbonyl (C=S) groups is 1. The van der Waals surface area contributed by atoms with Crippen molar-refractivity contribution in [2.75, 3.05) is 58.5 Å². The molecule has 1 aromatic carbocycles. The molecule has 0 unspecified atom stereocenters. The largest absolute Gasteiger partial charge is 0.383 e. The number of anilines is 2. The predicted octanol–water partition coefficient (Wildman–Crippen LogP) is 0.580. The average Bonchev–Trinajstić information content (AvgIpc) is 2.55. The molecule has 0 aliphatic rings. The molecule has 0 aliphatic heterocycles. The van der Waals surface area contributed by atoms with Gasteiger partial charge in [0, 0.05) is 20.6 Å². The van der Waals surface area contributed by atoms with Crippen molar-refractivity contribution in [2.24, 2.45) is 0 Å². The van der Waals surface area contributed by atoms with Crippen molar-refractivity contribution in [3.63, 3.8) is 0 Å². The zero-order valence-corrected chi connectivity index (χ0v) is 18.0. The molecular weight excluding hydrogens is 370 g/mol. The molecule has 0 saturated heterocycles. The van der Waals surface area contributed by atoms with Crippen molar-refractivity contribution < 1.29 is 13.3 Å². The maximum absolute atomic E-state index is 12.4. The molecule has 9 heteroatoms. The van der Waals surface area contributed by atoms with E-state index in [1.54, 1.807) is 18.2 Å². The molecule has 1 aromatic rings. The molecule has 0 spiro atoms. The summed E-state index contributed by atoms with van der Waals surface area (Å²) in [6, 6.07) is 5.01. The molecule has 148 valence electrons. The highest BCUT2D eigenvalue weighted by Crippen LogP contribution is 2.26. The molecule has 0 heterocycles. The molecule has 0 radical (unpaired) electrons. The van der Waals surface area contributed by atoms with Crippen LogP contribution in [-0.4, -0.2) is 65.7 Å². The van der Waals surface area contributed by atoms with Gasteiger partial charge in [-0.3, -0.25) is 0 Å². The van der Waals surface area contributed by atoms with Crippen molar-refractivity contribution in [1.29, 1.82) is 0 Å². The number of rotatable bonds is 10. The second kappa shape index (κ2) is 10.7. The number of likely N-dealkylation sites (N-methyl/N-ethyl adjacent to an activating group) is 1. The van der Waals surface area contributed by atoms with Crippen molar-refractivity contribution in [2.45, 2.75) is 24.7 Å². The van der Waals surface area contributed by atoms with Crippen LogP contribution in [0.15, 0.2) is 23.1 Å². The minimum absolute atomic E-state index is 0.228. The van der Waals surface area contributed by atoms with Crippen LogP contribution < -0.4 is 20.9 Å². The first-order chi connectivity index (χ1) is 12.2. The molecule has 0 amide bonds. The lowest BCUT2D eigenvalue weighted by molar-refractivity contribution is -0.856. The summed E-state index contributed by atoms with van der Waals surface area (Å²) < 4.78 is 26.0. The van der Waals surface area contributed by atoms with Crippen molar-refractivity contribution >= 4 is 38.7 Å². The van der Waals surface area contributed by atoms with Gasteiger partial charge in [-0.15, -0.1) is 0 Å². The monoisotopic (exact) mass is 402 g/mol. The Labute approximate surface area is 163 Å². The van der Waals surface area contributed by atoms with Crippen LogP contribution in [0.4, 0.5) is 11.4 Å². The smallest absolute Gasteiger partial charge is 0.242 e. The zero-order chi connectivity index (χ0) is 19.7. The van der Waals surface area contributed by atoms with Crippen LogP contribution in [-0.2, 0) is 10.0 Å². The van der Waals surface area contributed by atoms with Crippen LogP contribution >= 0.6 is 12.2 Å². The summed E-state index contributed by atoms with van der Waals surface area (Å²) in [5.74, 6) is 0. The summed E-state index contributed by atoms with van der Waals surface area (Å²) in [5, 5.41) is 10.1. The molecule has 0 saturated carbocycles. The SMILES string of the molecule is CCCCNc1ccc(S(=O)(=O)N(C)C)cc1NC(=S)NCC[NH+](C)C. The number of nitrogens with one attached hydrogen (secondary N) is 4. The van der Waals surface area contributed by atoms with E-state index in [-0.39, 0.29) is 4.90 Å². The van der Waals surface area contributed by atoms with Crippen LogP contribution in [0.3, 0.4) is 0 Å². The molecule has 0 atom stereocenters. The molecule has 26 heavy (non-hydrogen) atoms. The Morgan fingerprint density at radius 2 is 1.88 bits per heavy atom. The number of nitrogens with zero attached hydrogens (tertiary/aromatic N) is 1. The van der Waals surface area contributed by atoms with Crippen LogP contribution in [0.5, 0.6) is 0 Å². The van der Waals surface area contributed by atoms with E-state index in [1.165, 1.54) is 23.3 Å². The van der Waals surface area contributed by atoms with Crippen LogP contribution in [0, 0.1) is 0 Å². The Kier molecular flexibility index (Phi) is 9.28. The lowest BCUT2D eigenvalue weighted by Crippen LogP contribution is -3.06. The molecule has 1 rings (SSSR count). The normalized spacial score (nSPS) is 11.7. The molecule has 0 aliphatic carbocycles. The van der Waals surface area contributed by atoms with Crippen LogP contribution in [0.25, 0.3) is 0 Å². The van der Waals surface area contributed by atoms with Crippen LogP contribution in [0.1, 0.15) is 19.8 Å². The van der Waals surface area contributed by atoms with Crippen molar-refractivity contribution in [1.82, 2.24) is 9.62 Å². The highest BCUT2D eigenvalue weighted by atomic mass is 32.2. The number of benzene rings is 1. The second-order valence-electron chi connectivity index (χ2n) is 6.61. The first-order valence-electron chi connectivity index (χ1n) is 8.82. The summed E-state index contributed by atoms with van der Waals surface area (Å²) in [5.41, 5.74) is 1.48. The Morgan fingerprint density at radius 1 is 1.19 bits per heavy atom. The first-order valence-corrected chi connectivity index (χ1v) is 10.7. The maximum atomic E-state index is 12.4. The topological polar surface area (TPSA) is 77.9 Å². The molecule has 0 aromatic heterocycles. The van der Waals surface area contributed by atoms with Gasteiger partial charge in [0.2, 0.25) is 10.0 Å². The first kappa shape index (κ1) is 22.6. The van der Waals surface area contributed by atoms with Gasteiger partial charge in [-0.05, 0) is 36.8 Å². The Bertz CT molecular complexity index is 690. The van der Waals surface area contributed by atoms with E-state index in [0.717, 1.165) is 38.2 Å². The summed E-state index contributed by atoms with van der Waals surface area (Å²) in [4.78, 5) is 1.55. The van der Waals surface area contributed by atoms with Crippen molar-refractivity contribution in [3.8, 4) is 0 Å². The average molecular weight is 403 g/mol. The van der Waals surface area contributed by atoms with Gasteiger partial charge in [-0.25, -0.2) is 12.7 Å². The van der Waals surface area contributed by atoms with E-state index in [4.69, 9.17) is 12.2 Å². The molecule has 0 fully saturated rings. The van der Waals surface area contributed by atoms with Gasteiger partial charge >= 0.3 is 0 Å². The van der Waals surface area contributed by atoms with E-state index in [0.29, 0.717) is 10.8 Å². The Hall–Kier alpha value is -1.42. The van der Waals surface area contributed by atoms with E-state index in [1.807, 2.05) is 0 Å². The van der Waals surface area contributed by atoms with E-state index in [9.17, 15) is 8.42 Å². The third kappa shape index (κ3) is 7.06. The predicted molar refractivity (Wildman–Crippen MR) is 113 cm³/mol. The minimum atomic E-state index is -3.51. The van der Waals surface area contributed by atoms with Gasteiger partial charge in [0.25, 0.3) is 0 Å². The maximum Gasteiger partial charge on any atom is 0.242 e. The third-order valence-corrected chi connectivity index (χ3v) is 5.83. The number of sulfonamides is 1.